The minimum Gasteiger partial charge on any atom is -0.357 e. The Morgan fingerprint density at radius 2 is 2.32 bits per heavy atom. The third kappa shape index (κ3) is 3.16. The first-order chi connectivity index (χ1) is 8.99. The highest BCUT2D eigenvalue weighted by Gasteiger charge is 2.14. The van der Waals surface area contributed by atoms with Gasteiger partial charge in [0.2, 0.25) is 0 Å². The molecule has 0 atom stereocenters. The first-order valence-electron chi connectivity index (χ1n) is 5.68. The van der Waals surface area contributed by atoms with Crippen LogP contribution in [0.2, 0.25) is 5.02 Å². The van der Waals surface area contributed by atoms with Gasteiger partial charge >= 0.3 is 0 Å². The van der Waals surface area contributed by atoms with Gasteiger partial charge in [0.1, 0.15) is 0 Å². The Balaban J connectivity index is 2.10. The average Bonchev–Trinajstić information content (AvgIpc) is 2.79. The molecule has 0 unspecified atom stereocenters. The third-order valence-corrected chi connectivity index (χ3v) is 4.24. The third-order valence-electron chi connectivity index (χ3n) is 2.73. The molecule has 1 N–H and O–H groups in total. The summed E-state index contributed by atoms with van der Waals surface area (Å²) in [5.41, 5.74) is 2.16. The van der Waals surface area contributed by atoms with E-state index < -0.39 is 0 Å². The SMILES string of the molecule is Cc1ncc(C(=O)NCc2ccn(C)c2)c(Br)c1Cl. The number of aryl methyl sites for hydroxylation is 2. The normalized spacial score (nSPS) is 10.5. The first kappa shape index (κ1) is 14.1. The zero-order valence-corrected chi connectivity index (χ0v) is 12.9. The lowest BCUT2D eigenvalue weighted by Gasteiger charge is -2.08. The van der Waals surface area contributed by atoms with Gasteiger partial charge in [-0.2, -0.15) is 0 Å². The van der Waals surface area contributed by atoms with Crippen LogP contribution in [0.15, 0.2) is 29.1 Å². The predicted octanol–water partition coefficient (Wildman–Crippen LogP) is 3.07. The Hall–Kier alpha value is -1.33. The number of nitrogens with one attached hydrogen (secondary N) is 1. The molecule has 0 aliphatic rings. The number of hydrogen-bond donors (Lipinski definition) is 1. The van der Waals surface area contributed by atoms with E-state index in [1.165, 1.54) is 6.20 Å². The van der Waals surface area contributed by atoms with Crippen LogP contribution in [0.1, 0.15) is 21.6 Å². The van der Waals surface area contributed by atoms with Gasteiger partial charge in [-0.1, -0.05) is 11.6 Å². The van der Waals surface area contributed by atoms with E-state index in [1.807, 2.05) is 30.1 Å². The van der Waals surface area contributed by atoms with Gasteiger partial charge in [-0.15, -0.1) is 0 Å². The van der Waals surface area contributed by atoms with Gasteiger partial charge in [0, 0.05) is 32.2 Å². The molecule has 0 radical (unpaired) electrons. The van der Waals surface area contributed by atoms with E-state index in [9.17, 15) is 4.79 Å². The topological polar surface area (TPSA) is 46.9 Å². The Morgan fingerprint density at radius 1 is 1.58 bits per heavy atom. The van der Waals surface area contributed by atoms with E-state index in [4.69, 9.17) is 11.6 Å². The Kier molecular flexibility index (Phi) is 4.27. The van der Waals surface area contributed by atoms with E-state index >= 15 is 0 Å². The number of carbonyl (C=O) groups excluding carboxylic acids is 1. The lowest BCUT2D eigenvalue weighted by molar-refractivity contribution is 0.0950. The van der Waals surface area contributed by atoms with Crippen LogP contribution in [0, 0.1) is 6.92 Å². The van der Waals surface area contributed by atoms with Crippen LogP contribution in [0.3, 0.4) is 0 Å². The number of carbonyl (C=O) groups is 1. The summed E-state index contributed by atoms with van der Waals surface area (Å²) in [5.74, 6) is -0.204. The molecule has 0 fully saturated rings. The summed E-state index contributed by atoms with van der Waals surface area (Å²) < 4.78 is 2.51. The quantitative estimate of drug-likeness (QED) is 0.932. The molecule has 4 nitrogen and oxygen atoms in total. The van der Waals surface area contributed by atoms with E-state index in [2.05, 4.69) is 26.2 Å². The fourth-order valence-electron chi connectivity index (χ4n) is 1.65. The molecule has 0 aliphatic carbocycles. The second-order valence-electron chi connectivity index (χ2n) is 4.25. The molecule has 0 aliphatic heterocycles. The number of aromatic nitrogens is 2. The van der Waals surface area contributed by atoms with Crippen LogP contribution in [0.4, 0.5) is 0 Å². The second kappa shape index (κ2) is 5.75. The van der Waals surface area contributed by atoms with Gasteiger partial charge in [0.05, 0.1) is 20.8 Å². The summed E-state index contributed by atoms with van der Waals surface area (Å²) in [6.07, 6.45) is 5.41. The van der Waals surface area contributed by atoms with Gasteiger partial charge < -0.3 is 9.88 Å². The van der Waals surface area contributed by atoms with Gasteiger partial charge in [-0.25, -0.2) is 0 Å². The summed E-state index contributed by atoms with van der Waals surface area (Å²) in [6.45, 7) is 2.26. The minimum atomic E-state index is -0.204. The number of hydrogen-bond acceptors (Lipinski definition) is 2. The molecular weight excluding hydrogens is 330 g/mol. The average molecular weight is 343 g/mol. The molecule has 6 heteroatoms. The summed E-state index contributed by atoms with van der Waals surface area (Å²) in [5, 5.41) is 3.30. The number of nitrogens with zero attached hydrogens (tertiary/aromatic N) is 2. The van der Waals surface area contributed by atoms with Crippen molar-refractivity contribution in [3.63, 3.8) is 0 Å². The van der Waals surface area contributed by atoms with E-state index in [1.54, 1.807) is 6.92 Å². The van der Waals surface area contributed by atoms with Crippen molar-refractivity contribution in [1.82, 2.24) is 14.9 Å². The highest BCUT2D eigenvalue weighted by molar-refractivity contribution is 9.10. The zero-order chi connectivity index (χ0) is 14.0. The van der Waals surface area contributed by atoms with Crippen molar-refractivity contribution in [3.8, 4) is 0 Å². The number of pyridine rings is 1. The van der Waals surface area contributed by atoms with Crippen molar-refractivity contribution >= 4 is 33.4 Å². The monoisotopic (exact) mass is 341 g/mol. The molecular formula is C13H13BrClN3O. The maximum Gasteiger partial charge on any atom is 0.254 e. The number of amides is 1. The van der Waals surface area contributed by atoms with Gasteiger partial charge in [-0.05, 0) is 34.5 Å². The van der Waals surface area contributed by atoms with E-state index in [-0.39, 0.29) is 5.91 Å². The highest BCUT2D eigenvalue weighted by Crippen LogP contribution is 2.27. The first-order valence-corrected chi connectivity index (χ1v) is 6.85. The summed E-state index contributed by atoms with van der Waals surface area (Å²) in [6, 6.07) is 1.95. The van der Waals surface area contributed by atoms with Crippen molar-refractivity contribution in [2.45, 2.75) is 13.5 Å². The smallest absolute Gasteiger partial charge is 0.254 e. The van der Waals surface area contributed by atoms with Crippen molar-refractivity contribution < 1.29 is 4.79 Å². The van der Waals surface area contributed by atoms with Gasteiger partial charge in [0.25, 0.3) is 5.91 Å². The molecule has 1 amide bonds. The van der Waals surface area contributed by atoms with Gasteiger partial charge in [0.15, 0.2) is 0 Å². The second-order valence-corrected chi connectivity index (χ2v) is 5.42. The molecule has 2 heterocycles. The van der Waals surface area contributed by atoms with Crippen LogP contribution < -0.4 is 5.32 Å². The Morgan fingerprint density at radius 3 is 2.95 bits per heavy atom. The molecule has 0 saturated carbocycles. The molecule has 100 valence electrons. The van der Waals surface area contributed by atoms with Crippen molar-refractivity contribution in [3.05, 3.63) is 51.0 Å². The maximum atomic E-state index is 12.1. The predicted molar refractivity (Wildman–Crippen MR) is 78.3 cm³/mol. The summed E-state index contributed by atoms with van der Waals surface area (Å²) in [7, 11) is 1.94. The summed E-state index contributed by atoms with van der Waals surface area (Å²) >= 11 is 9.38. The van der Waals surface area contributed by atoms with E-state index in [0.29, 0.717) is 27.3 Å². The van der Waals surface area contributed by atoms with Crippen molar-refractivity contribution in [2.24, 2.45) is 7.05 Å². The summed E-state index contributed by atoms with van der Waals surface area (Å²) in [4.78, 5) is 16.2. The lowest BCUT2D eigenvalue weighted by Crippen LogP contribution is -2.23. The maximum absolute atomic E-state index is 12.1. The molecule has 19 heavy (non-hydrogen) atoms. The highest BCUT2D eigenvalue weighted by atomic mass is 79.9. The lowest BCUT2D eigenvalue weighted by atomic mass is 10.2. The van der Waals surface area contributed by atoms with Crippen molar-refractivity contribution in [1.29, 1.82) is 0 Å². The molecule has 0 spiro atoms. The van der Waals surface area contributed by atoms with Crippen molar-refractivity contribution in [2.75, 3.05) is 0 Å². The molecule has 0 bridgehead atoms. The van der Waals surface area contributed by atoms with Crippen LogP contribution in [-0.4, -0.2) is 15.5 Å². The standard InChI is InChI=1S/C13H13BrClN3O/c1-8-12(15)11(14)10(6-16-8)13(19)17-5-9-3-4-18(2)7-9/h3-4,6-7H,5H2,1-2H3,(H,17,19). The molecule has 0 saturated heterocycles. The van der Waals surface area contributed by atoms with Crippen LogP contribution >= 0.6 is 27.5 Å². The number of halogens is 2. The number of rotatable bonds is 3. The molecule has 2 aromatic rings. The van der Waals surface area contributed by atoms with Gasteiger partial charge in [-0.3, -0.25) is 9.78 Å². The van der Waals surface area contributed by atoms with E-state index in [0.717, 1.165) is 5.56 Å². The molecule has 2 aromatic heterocycles. The Labute approximate surface area is 124 Å². The molecule has 2 rings (SSSR count). The van der Waals surface area contributed by atoms with Crippen LogP contribution in [0.25, 0.3) is 0 Å². The molecule has 0 aromatic carbocycles. The van der Waals surface area contributed by atoms with Crippen LogP contribution in [-0.2, 0) is 13.6 Å². The largest absolute Gasteiger partial charge is 0.357 e. The van der Waals surface area contributed by atoms with Crippen LogP contribution in [0.5, 0.6) is 0 Å². The fraction of sp³-hybridized carbons (Fsp3) is 0.231. The minimum absolute atomic E-state index is 0.204. The zero-order valence-electron chi connectivity index (χ0n) is 10.6. The fourth-order valence-corrected chi connectivity index (χ4v) is 2.37. The Bertz CT molecular complexity index is 624.